The third-order valence-electron chi connectivity index (χ3n) is 3.57. The first-order valence-electron chi connectivity index (χ1n) is 7.13. The van der Waals surface area contributed by atoms with Crippen LogP contribution in [-0.2, 0) is 6.42 Å². The first kappa shape index (κ1) is 14.0. The standard InChI is InChI=1S/C16H25NS/c1-12(2)17-9-8-13(3)10-15-11-14-6-4-5-7-16(14)18-15/h4-7,12-13,15,17H,8-11H2,1-3H3. The van der Waals surface area contributed by atoms with Crippen LogP contribution < -0.4 is 5.32 Å². The molecule has 1 aliphatic rings. The number of thioether (sulfide) groups is 1. The number of rotatable bonds is 6. The van der Waals surface area contributed by atoms with Crippen molar-refractivity contribution in [2.45, 2.75) is 56.2 Å². The lowest BCUT2D eigenvalue weighted by atomic mass is 9.98. The van der Waals surface area contributed by atoms with E-state index in [-0.39, 0.29) is 0 Å². The van der Waals surface area contributed by atoms with Crippen molar-refractivity contribution in [3.8, 4) is 0 Å². The highest BCUT2D eigenvalue weighted by Gasteiger charge is 2.23. The topological polar surface area (TPSA) is 12.0 Å². The van der Waals surface area contributed by atoms with Gasteiger partial charge in [0.25, 0.3) is 0 Å². The van der Waals surface area contributed by atoms with Crippen LogP contribution in [0.15, 0.2) is 29.2 Å². The van der Waals surface area contributed by atoms with Crippen molar-refractivity contribution in [2.75, 3.05) is 6.54 Å². The minimum Gasteiger partial charge on any atom is -0.315 e. The average Bonchev–Trinajstić information content (AvgIpc) is 2.70. The molecule has 0 fully saturated rings. The van der Waals surface area contributed by atoms with Crippen molar-refractivity contribution in [3.05, 3.63) is 29.8 Å². The number of fused-ring (bicyclic) bond motifs is 1. The predicted molar refractivity (Wildman–Crippen MR) is 81.3 cm³/mol. The fraction of sp³-hybridized carbons (Fsp3) is 0.625. The van der Waals surface area contributed by atoms with Gasteiger partial charge in [0.2, 0.25) is 0 Å². The van der Waals surface area contributed by atoms with Crippen LogP contribution in [0.3, 0.4) is 0 Å². The van der Waals surface area contributed by atoms with Crippen LogP contribution in [0.5, 0.6) is 0 Å². The Morgan fingerprint density at radius 2 is 2.06 bits per heavy atom. The Bertz CT molecular complexity index is 350. The van der Waals surface area contributed by atoms with Gasteiger partial charge in [-0.15, -0.1) is 11.8 Å². The maximum Gasteiger partial charge on any atom is 0.0138 e. The molecule has 1 aliphatic heterocycles. The molecule has 100 valence electrons. The Labute approximate surface area is 116 Å². The van der Waals surface area contributed by atoms with Crippen LogP contribution >= 0.6 is 11.8 Å². The van der Waals surface area contributed by atoms with E-state index in [1.807, 2.05) is 0 Å². The lowest BCUT2D eigenvalue weighted by Gasteiger charge is -2.17. The molecule has 2 atom stereocenters. The molecule has 18 heavy (non-hydrogen) atoms. The molecule has 0 spiro atoms. The summed E-state index contributed by atoms with van der Waals surface area (Å²) in [6, 6.07) is 9.49. The highest BCUT2D eigenvalue weighted by atomic mass is 32.2. The first-order valence-corrected chi connectivity index (χ1v) is 8.01. The number of benzene rings is 1. The third kappa shape index (κ3) is 4.03. The van der Waals surface area contributed by atoms with Gasteiger partial charge in [0.15, 0.2) is 0 Å². The Morgan fingerprint density at radius 3 is 2.78 bits per heavy atom. The average molecular weight is 263 g/mol. The smallest absolute Gasteiger partial charge is 0.0138 e. The number of nitrogens with one attached hydrogen (secondary N) is 1. The van der Waals surface area contributed by atoms with E-state index >= 15 is 0 Å². The van der Waals surface area contributed by atoms with E-state index in [4.69, 9.17) is 0 Å². The zero-order chi connectivity index (χ0) is 13.0. The second-order valence-corrected chi connectivity index (χ2v) is 7.13. The van der Waals surface area contributed by atoms with Crippen LogP contribution in [-0.4, -0.2) is 17.8 Å². The van der Waals surface area contributed by atoms with Crippen molar-refractivity contribution in [1.82, 2.24) is 5.32 Å². The van der Waals surface area contributed by atoms with Crippen LogP contribution in [0, 0.1) is 5.92 Å². The fourth-order valence-electron chi connectivity index (χ4n) is 2.57. The summed E-state index contributed by atoms with van der Waals surface area (Å²) in [5.74, 6) is 0.822. The zero-order valence-electron chi connectivity index (χ0n) is 11.8. The Kier molecular flexibility index (Phi) is 5.13. The molecule has 1 heterocycles. The summed E-state index contributed by atoms with van der Waals surface area (Å²) in [6.07, 6.45) is 3.91. The van der Waals surface area contributed by atoms with Gasteiger partial charge in [-0.2, -0.15) is 0 Å². The summed E-state index contributed by atoms with van der Waals surface area (Å²) in [5.41, 5.74) is 1.56. The molecule has 0 radical (unpaired) electrons. The van der Waals surface area contributed by atoms with Gasteiger partial charge < -0.3 is 5.32 Å². The molecule has 1 aromatic carbocycles. The summed E-state index contributed by atoms with van der Waals surface area (Å²) in [7, 11) is 0. The van der Waals surface area contributed by atoms with Gasteiger partial charge in [-0.3, -0.25) is 0 Å². The molecule has 0 amide bonds. The second kappa shape index (κ2) is 6.63. The second-order valence-electron chi connectivity index (χ2n) is 5.79. The van der Waals surface area contributed by atoms with Crippen LogP contribution in [0.25, 0.3) is 0 Å². The molecule has 2 unspecified atom stereocenters. The Balaban J connectivity index is 1.72. The van der Waals surface area contributed by atoms with Crippen molar-refractivity contribution in [2.24, 2.45) is 5.92 Å². The first-order chi connectivity index (χ1) is 8.65. The van der Waals surface area contributed by atoms with Gasteiger partial charge in [-0.1, -0.05) is 39.0 Å². The molecule has 2 rings (SSSR count). The summed E-state index contributed by atoms with van der Waals surface area (Å²) in [5, 5.41) is 4.31. The van der Waals surface area contributed by atoms with Gasteiger partial charge >= 0.3 is 0 Å². The van der Waals surface area contributed by atoms with Gasteiger partial charge in [0.1, 0.15) is 0 Å². The molecule has 1 nitrogen and oxygen atoms in total. The summed E-state index contributed by atoms with van der Waals surface area (Å²) >= 11 is 2.08. The van der Waals surface area contributed by atoms with Gasteiger partial charge in [-0.25, -0.2) is 0 Å². The molecular weight excluding hydrogens is 238 g/mol. The molecule has 0 aromatic heterocycles. The van der Waals surface area contributed by atoms with Gasteiger partial charge in [0.05, 0.1) is 0 Å². The highest BCUT2D eigenvalue weighted by Crippen LogP contribution is 2.39. The quantitative estimate of drug-likeness (QED) is 0.828. The van der Waals surface area contributed by atoms with E-state index in [2.05, 4.69) is 62.1 Å². The van der Waals surface area contributed by atoms with E-state index in [9.17, 15) is 0 Å². The third-order valence-corrected chi connectivity index (χ3v) is 4.91. The van der Waals surface area contributed by atoms with E-state index in [0.29, 0.717) is 6.04 Å². The Morgan fingerprint density at radius 1 is 1.28 bits per heavy atom. The fourth-order valence-corrected chi connectivity index (χ4v) is 4.08. The zero-order valence-corrected chi connectivity index (χ0v) is 12.6. The molecule has 1 N–H and O–H groups in total. The minimum atomic E-state index is 0.613. The maximum atomic E-state index is 3.51. The monoisotopic (exact) mass is 263 g/mol. The molecule has 1 aromatic rings. The molecule has 0 aliphatic carbocycles. The van der Waals surface area contributed by atoms with E-state index < -0.39 is 0 Å². The normalized spacial score (nSPS) is 20.1. The molecule has 2 heteroatoms. The Hall–Kier alpha value is -0.470. The van der Waals surface area contributed by atoms with E-state index in [1.165, 1.54) is 24.2 Å². The highest BCUT2D eigenvalue weighted by molar-refractivity contribution is 8.00. The van der Waals surface area contributed by atoms with E-state index in [1.54, 1.807) is 5.56 Å². The predicted octanol–water partition coefficient (Wildman–Crippen LogP) is 4.12. The van der Waals surface area contributed by atoms with Crippen molar-refractivity contribution in [1.29, 1.82) is 0 Å². The van der Waals surface area contributed by atoms with Gasteiger partial charge in [-0.05, 0) is 43.4 Å². The summed E-state index contributed by atoms with van der Waals surface area (Å²) in [6.45, 7) is 7.98. The molecule has 0 saturated heterocycles. The van der Waals surface area contributed by atoms with E-state index in [0.717, 1.165) is 17.7 Å². The maximum absolute atomic E-state index is 3.51. The lowest BCUT2D eigenvalue weighted by molar-refractivity contribution is 0.449. The molecule has 0 bridgehead atoms. The number of hydrogen-bond donors (Lipinski definition) is 1. The van der Waals surface area contributed by atoms with Crippen molar-refractivity contribution >= 4 is 11.8 Å². The van der Waals surface area contributed by atoms with Gasteiger partial charge in [0, 0.05) is 16.2 Å². The summed E-state index contributed by atoms with van der Waals surface area (Å²) in [4.78, 5) is 1.51. The van der Waals surface area contributed by atoms with Crippen molar-refractivity contribution < 1.29 is 0 Å². The largest absolute Gasteiger partial charge is 0.315 e. The molecule has 0 saturated carbocycles. The summed E-state index contributed by atoms with van der Waals surface area (Å²) < 4.78 is 0. The van der Waals surface area contributed by atoms with Crippen LogP contribution in [0.4, 0.5) is 0 Å². The van der Waals surface area contributed by atoms with Crippen LogP contribution in [0.2, 0.25) is 0 Å². The van der Waals surface area contributed by atoms with Crippen molar-refractivity contribution in [3.63, 3.8) is 0 Å². The molecular formula is C16H25NS. The lowest BCUT2D eigenvalue weighted by Crippen LogP contribution is -2.25. The SMILES string of the molecule is CC(CCNC(C)C)CC1Cc2ccccc2S1. The number of hydrogen-bond acceptors (Lipinski definition) is 2. The van der Waals surface area contributed by atoms with Crippen LogP contribution in [0.1, 0.15) is 39.2 Å². The minimum absolute atomic E-state index is 0.613.